The van der Waals surface area contributed by atoms with Crippen molar-refractivity contribution in [3.8, 4) is 0 Å². The molecule has 2 saturated heterocycles. The predicted octanol–water partition coefficient (Wildman–Crippen LogP) is 1.61. The molecule has 0 aliphatic carbocycles. The van der Waals surface area contributed by atoms with Crippen LogP contribution < -0.4 is 5.32 Å². The standard InChI is InChI=1S/C17H23F2N3O3S.ClH/c18-14-2-1-3-15(19)17(14)26(24,25)22-10-8-21(9-11-22)16(23)5-4-13-6-7-20-12-13;/h1-3,13,20H,4-12H2;1H. The number of rotatable bonds is 5. The fourth-order valence-corrected chi connectivity index (χ4v) is 5.01. The van der Waals surface area contributed by atoms with Gasteiger partial charge in [-0.15, -0.1) is 12.4 Å². The largest absolute Gasteiger partial charge is 0.340 e. The maximum Gasteiger partial charge on any atom is 0.249 e. The molecule has 2 heterocycles. The first-order chi connectivity index (χ1) is 12.4. The average molecular weight is 424 g/mol. The van der Waals surface area contributed by atoms with Gasteiger partial charge in [0.15, 0.2) is 4.90 Å². The lowest BCUT2D eigenvalue weighted by atomic mass is 10.0. The van der Waals surface area contributed by atoms with Crippen molar-refractivity contribution in [1.82, 2.24) is 14.5 Å². The highest BCUT2D eigenvalue weighted by atomic mass is 35.5. The fourth-order valence-electron chi connectivity index (χ4n) is 3.48. The van der Waals surface area contributed by atoms with E-state index in [4.69, 9.17) is 0 Å². The van der Waals surface area contributed by atoms with E-state index in [0.29, 0.717) is 12.3 Å². The molecule has 152 valence electrons. The Morgan fingerprint density at radius 2 is 1.78 bits per heavy atom. The molecule has 2 aliphatic rings. The van der Waals surface area contributed by atoms with E-state index >= 15 is 0 Å². The minimum absolute atomic E-state index is 0. The summed E-state index contributed by atoms with van der Waals surface area (Å²) in [4.78, 5) is 13.0. The molecule has 1 aromatic carbocycles. The van der Waals surface area contributed by atoms with Gasteiger partial charge in [-0.2, -0.15) is 4.31 Å². The Kier molecular flexibility index (Phi) is 7.55. The number of hydrogen-bond donors (Lipinski definition) is 1. The second-order valence-electron chi connectivity index (χ2n) is 6.73. The van der Waals surface area contributed by atoms with Crippen LogP contribution in [0.25, 0.3) is 0 Å². The molecule has 3 rings (SSSR count). The van der Waals surface area contributed by atoms with Crippen LogP contribution in [0.4, 0.5) is 8.78 Å². The number of halogens is 3. The minimum atomic E-state index is -4.26. The molecular weight excluding hydrogens is 400 g/mol. The van der Waals surface area contributed by atoms with E-state index in [1.54, 1.807) is 4.90 Å². The van der Waals surface area contributed by atoms with Crippen molar-refractivity contribution in [3.63, 3.8) is 0 Å². The first kappa shape index (κ1) is 22.0. The van der Waals surface area contributed by atoms with Crippen LogP contribution in [-0.2, 0) is 14.8 Å². The molecule has 2 fully saturated rings. The monoisotopic (exact) mass is 423 g/mol. The summed E-state index contributed by atoms with van der Waals surface area (Å²) in [5.41, 5.74) is 0. The van der Waals surface area contributed by atoms with E-state index in [9.17, 15) is 22.0 Å². The summed E-state index contributed by atoms with van der Waals surface area (Å²) in [6.07, 6.45) is 2.35. The van der Waals surface area contributed by atoms with Gasteiger partial charge in [0, 0.05) is 32.6 Å². The zero-order valence-corrected chi connectivity index (χ0v) is 16.5. The van der Waals surface area contributed by atoms with Crippen LogP contribution >= 0.6 is 12.4 Å². The summed E-state index contributed by atoms with van der Waals surface area (Å²) in [5, 5.41) is 3.26. The van der Waals surface area contributed by atoms with Crippen LogP contribution in [0.5, 0.6) is 0 Å². The zero-order chi connectivity index (χ0) is 18.7. The third kappa shape index (κ3) is 4.96. The van der Waals surface area contributed by atoms with Gasteiger partial charge in [0.1, 0.15) is 11.6 Å². The molecule has 1 unspecified atom stereocenters. The van der Waals surface area contributed by atoms with Gasteiger partial charge < -0.3 is 10.2 Å². The normalized spacial score (nSPS) is 21.1. The van der Waals surface area contributed by atoms with Crippen molar-refractivity contribution in [1.29, 1.82) is 0 Å². The maximum atomic E-state index is 13.8. The number of piperazine rings is 1. The van der Waals surface area contributed by atoms with Crippen molar-refractivity contribution >= 4 is 28.3 Å². The first-order valence-corrected chi connectivity index (χ1v) is 10.3. The number of sulfonamides is 1. The number of amides is 1. The van der Waals surface area contributed by atoms with Crippen molar-refractivity contribution in [2.75, 3.05) is 39.3 Å². The summed E-state index contributed by atoms with van der Waals surface area (Å²) in [5.74, 6) is -1.68. The molecule has 2 aliphatic heterocycles. The van der Waals surface area contributed by atoms with Crippen LogP contribution in [-0.4, -0.2) is 62.8 Å². The van der Waals surface area contributed by atoms with E-state index in [1.165, 1.54) is 0 Å². The number of hydrogen-bond acceptors (Lipinski definition) is 4. The van der Waals surface area contributed by atoms with Gasteiger partial charge in [0.25, 0.3) is 0 Å². The van der Waals surface area contributed by atoms with E-state index in [2.05, 4.69) is 5.32 Å². The number of nitrogens with one attached hydrogen (secondary N) is 1. The molecule has 27 heavy (non-hydrogen) atoms. The molecule has 0 aromatic heterocycles. The Bertz CT molecular complexity index is 744. The van der Waals surface area contributed by atoms with Crippen molar-refractivity contribution in [2.24, 2.45) is 5.92 Å². The molecule has 1 aromatic rings. The molecule has 1 amide bonds. The lowest BCUT2D eigenvalue weighted by molar-refractivity contribution is -0.132. The molecule has 6 nitrogen and oxygen atoms in total. The van der Waals surface area contributed by atoms with Gasteiger partial charge in [-0.25, -0.2) is 17.2 Å². The minimum Gasteiger partial charge on any atom is -0.340 e. The topological polar surface area (TPSA) is 69.7 Å². The maximum absolute atomic E-state index is 13.8. The molecular formula is C17H24ClF2N3O3S. The molecule has 0 radical (unpaired) electrons. The summed E-state index contributed by atoms with van der Waals surface area (Å²) in [6.45, 7) is 2.46. The fraction of sp³-hybridized carbons (Fsp3) is 0.588. The van der Waals surface area contributed by atoms with Gasteiger partial charge in [-0.1, -0.05) is 6.07 Å². The van der Waals surface area contributed by atoms with Crippen LogP contribution in [0.15, 0.2) is 23.1 Å². The van der Waals surface area contributed by atoms with Crippen LogP contribution in [0.3, 0.4) is 0 Å². The second kappa shape index (κ2) is 9.27. The summed E-state index contributed by atoms with van der Waals surface area (Å²) in [7, 11) is -4.26. The molecule has 1 atom stereocenters. The number of carbonyl (C=O) groups excluding carboxylic acids is 1. The smallest absolute Gasteiger partial charge is 0.249 e. The predicted molar refractivity (Wildman–Crippen MR) is 99.2 cm³/mol. The van der Waals surface area contributed by atoms with Crippen LogP contribution in [0.1, 0.15) is 19.3 Å². The van der Waals surface area contributed by atoms with E-state index in [0.717, 1.165) is 48.4 Å². The van der Waals surface area contributed by atoms with Crippen LogP contribution in [0.2, 0.25) is 0 Å². The first-order valence-electron chi connectivity index (χ1n) is 8.82. The Balaban J connectivity index is 0.00000261. The Morgan fingerprint density at radius 3 is 2.33 bits per heavy atom. The summed E-state index contributed by atoms with van der Waals surface area (Å²) in [6, 6.07) is 2.97. The van der Waals surface area contributed by atoms with Gasteiger partial charge in [0.05, 0.1) is 0 Å². The highest BCUT2D eigenvalue weighted by Gasteiger charge is 2.34. The second-order valence-corrected chi connectivity index (χ2v) is 8.61. The Morgan fingerprint density at radius 1 is 1.15 bits per heavy atom. The molecule has 1 N–H and O–H groups in total. The highest BCUT2D eigenvalue weighted by Crippen LogP contribution is 2.24. The number of nitrogens with zero attached hydrogens (tertiary/aromatic N) is 2. The SMILES string of the molecule is Cl.O=C(CCC1CCNC1)N1CCN(S(=O)(=O)c2c(F)cccc2F)CC1. The van der Waals surface area contributed by atoms with Crippen molar-refractivity contribution < 1.29 is 22.0 Å². The van der Waals surface area contributed by atoms with Gasteiger partial charge in [-0.3, -0.25) is 4.79 Å². The van der Waals surface area contributed by atoms with Crippen molar-refractivity contribution in [2.45, 2.75) is 24.2 Å². The zero-order valence-electron chi connectivity index (χ0n) is 14.9. The highest BCUT2D eigenvalue weighted by molar-refractivity contribution is 7.89. The van der Waals surface area contributed by atoms with Gasteiger partial charge >= 0.3 is 0 Å². The lowest BCUT2D eigenvalue weighted by Crippen LogP contribution is -2.50. The van der Waals surface area contributed by atoms with E-state index < -0.39 is 26.6 Å². The lowest BCUT2D eigenvalue weighted by Gasteiger charge is -2.34. The van der Waals surface area contributed by atoms with E-state index in [1.807, 2.05) is 0 Å². The average Bonchev–Trinajstić information content (AvgIpc) is 3.13. The third-order valence-electron chi connectivity index (χ3n) is 5.04. The molecule has 10 heteroatoms. The van der Waals surface area contributed by atoms with Gasteiger partial charge in [0.2, 0.25) is 15.9 Å². The summed E-state index contributed by atoms with van der Waals surface area (Å²) < 4.78 is 53.8. The van der Waals surface area contributed by atoms with E-state index in [-0.39, 0.29) is 44.5 Å². The number of benzene rings is 1. The quantitative estimate of drug-likeness (QED) is 0.781. The Hall–Kier alpha value is -1.29. The molecule has 0 spiro atoms. The summed E-state index contributed by atoms with van der Waals surface area (Å²) >= 11 is 0. The molecule has 0 saturated carbocycles. The van der Waals surface area contributed by atoms with Crippen LogP contribution in [0, 0.1) is 17.6 Å². The number of carbonyl (C=O) groups is 1. The molecule has 0 bridgehead atoms. The van der Waals surface area contributed by atoms with Gasteiger partial charge in [-0.05, 0) is 44.0 Å². The Labute approximate surface area is 164 Å². The van der Waals surface area contributed by atoms with Crippen molar-refractivity contribution in [3.05, 3.63) is 29.8 Å². The third-order valence-corrected chi connectivity index (χ3v) is 6.99.